The van der Waals surface area contributed by atoms with E-state index in [0.29, 0.717) is 10.5 Å². The van der Waals surface area contributed by atoms with Crippen LogP contribution >= 0.6 is 0 Å². The number of nitrogens with one attached hydrogen (secondary N) is 1. The van der Waals surface area contributed by atoms with E-state index < -0.39 is 11.8 Å². The fourth-order valence-electron chi connectivity index (χ4n) is 1.24. The number of benzene rings is 1. The number of aromatic nitrogens is 2. The molecule has 1 aromatic heterocycles. The number of hydrogen-bond donors (Lipinski definition) is 2. The maximum absolute atomic E-state index is 12.9. The van der Waals surface area contributed by atoms with Gasteiger partial charge in [-0.25, -0.2) is 9.18 Å². The summed E-state index contributed by atoms with van der Waals surface area (Å²) in [4.78, 5) is 15.7. The largest absolute Gasteiger partial charge is 0.412 e. The lowest BCUT2D eigenvalue weighted by Gasteiger charge is -2.00. The van der Waals surface area contributed by atoms with Crippen LogP contribution in [0.4, 0.5) is 14.9 Å². The van der Waals surface area contributed by atoms with E-state index in [1.807, 2.05) is 0 Å². The second-order valence-corrected chi connectivity index (χ2v) is 3.36. The Morgan fingerprint density at radius 1 is 1.44 bits per heavy atom. The van der Waals surface area contributed by atoms with Gasteiger partial charge in [0.1, 0.15) is 5.82 Å². The third kappa shape index (κ3) is 3.14. The number of amides is 2. The van der Waals surface area contributed by atoms with Gasteiger partial charge in [0.25, 0.3) is 0 Å². The van der Waals surface area contributed by atoms with Crippen molar-refractivity contribution in [3.05, 3.63) is 53.9 Å². The zero-order chi connectivity index (χ0) is 13.0. The zero-order valence-electron chi connectivity index (χ0n) is 9.12. The van der Waals surface area contributed by atoms with Crippen LogP contribution < -0.4 is 10.7 Å². The van der Waals surface area contributed by atoms with E-state index in [0.717, 1.165) is 0 Å². The molecule has 2 N–H and O–H groups in total. The summed E-state index contributed by atoms with van der Waals surface area (Å²) < 4.78 is 12.9. The molecule has 0 aliphatic carbocycles. The first kappa shape index (κ1) is 11.8. The van der Waals surface area contributed by atoms with Crippen molar-refractivity contribution in [1.29, 1.82) is 0 Å². The quantitative estimate of drug-likeness (QED) is 0.748. The Morgan fingerprint density at radius 3 is 2.94 bits per heavy atom. The van der Waals surface area contributed by atoms with E-state index >= 15 is 0 Å². The third-order valence-corrected chi connectivity index (χ3v) is 1.99. The van der Waals surface area contributed by atoms with Crippen molar-refractivity contribution < 1.29 is 14.4 Å². The number of carbonyl (C=O) groups is 1. The Hall–Kier alpha value is -2.70. The standard InChI is InChI=1S/C11H9FN4O2/c12-8-2-1-3-9(6-8)14-11(17)15-10-4-5-16(18)13-7-10/h1-7,18H,(H,14,17). The molecule has 0 atom stereocenters. The molecule has 92 valence electrons. The molecule has 0 radical (unpaired) electrons. The second-order valence-electron chi connectivity index (χ2n) is 3.36. The number of halogens is 1. The Kier molecular flexibility index (Phi) is 3.33. The number of rotatable bonds is 1. The molecule has 0 fully saturated rings. The van der Waals surface area contributed by atoms with Gasteiger partial charge < -0.3 is 10.5 Å². The lowest BCUT2D eigenvalue weighted by molar-refractivity contribution is 0.143. The van der Waals surface area contributed by atoms with Gasteiger partial charge in [-0.1, -0.05) is 6.07 Å². The SMILES string of the molecule is O=C(N=c1ccn(O)nc1)Nc1cccc(F)c1. The van der Waals surface area contributed by atoms with Crippen molar-refractivity contribution in [2.45, 2.75) is 0 Å². The predicted molar refractivity (Wildman–Crippen MR) is 60.4 cm³/mol. The molecule has 18 heavy (non-hydrogen) atoms. The molecule has 6 nitrogen and oxygen atoms in total. The topological polar surface area (TPSA) is 79.5 Å². The molecule has 0 aliphatic heterocycles. The lowest BCUT2D eigenvalue weighted by atomic mass is 10.3. The molecule has 0 aliphatic rings. The molecule has 0 spiro atoms. The van der Waals surface area contributed by atoms with Crippen LogP contribution in [0.25, 0.3) is 0 Å². The highest BCUT2D eigenvalue weighted by Crippen LogP contribution is 2.08. The van der Waals surface area contributed by atoms with E-state index in [1.165, 1.54) is 36.7 Å². The van der Waals surface area contributed by atoms with Crippen molar-refractivity contribution in [2.75, 3.05) is 5.32 Å². The van der Waals surface area contributed by atoms with E-state index in [2.05, 4.69) is 15.4 Å². The molecule has 0 unspecified atom stereocenters. The van der Waals surface area contributed by atoms with Gasteiger partial charge in [0, 0.05) is 5.69 Å². The van der Waals surface area contributed by atoms with Crippen molar-refractivity contribution >= 4 is 11.7 Å². The van der Waals surface area contributed by atoms with Gasteiger partial charge in [0.15, 0.2) is 0 Å². The number of carbonyl (C=O) groups excluding carboxylic acids is 1. The smallest absolute Gasteiger partial charge is 0.345 e. The van der Waals surface area contributed by atoms with E-state index in [-0.39, 0.29) is 5.36 Å². The van der Waals surface area contributed by atoms with Gasteiger partial charge in [0.2, 0.25) is 0 Å². The van der Waals surface area contributed by atoms with Gasteiger partial charge in [-0.3, -0.25) is 0 Å². The van der Waals surface area contributed by atoms with Crippen LogP contribution in [0.15, 0.2) is 47.7 Å². The minimum absolute atomic E-state index is 0.272. The average Bonchev–Trinajstić information content (AvgIpc) is 2.32. The van der Waals surface area contributed by atoms with Gasteiger partial charge in [0.05, 0.1) is 17.8 Å². The lowest BCUT2D eigenvalue weighted by Crippen LogP contribution is -2.14. The molecule has 0 saturated heterocycles. The molecule has 2 aromatic rings. The fourth-order valence-corrected chi connectivity index (χ4v) is 1.24. The summed E-state index contributed by atoms with van der Waals surface area (Å²) in [6, 6.07) is 6.22. The summed E-state index contributed by atoms with van der Waals surface area (Å²) >= 11 is 0. The van der Waals surface area contributed by atoms with Gasteiger partial charge in [-0.2, -0.15) is 4.99 Å². The molecule has 2 amide bonds. The number of anilines is 1. The van der Waals surface area contributed by atoms with Crippen LogP contribution in [0.1, 0.15) is 0 Å². The first-order chi connectivity index (χ1) is 8.63. The van der Waals surface area contributed by atoms with E-state index in [4.69, 9.17) is 5.21 Å². The van der Waals surface area contributed by atoms with Crippen LogP contribution in [0.2, 0.25) is 0 Å². The highest BCUT2D eigenvalue weighted by Gasteiger charge is 2.00. The van der Waals surface area contributed by atoms with Crippen LogP contribution in [0, 0.1) is 5.82 Å². The molecular formula is C11H9FN4O2. The summed E-state index contributed by atoms with van der Waals surface area (Å²) in [6.07, 6.45) is 2.44. The molecule has 1 heterocycles. The predicted octanol–water partition coefficient (Wildman–Crippen LogP) is 1.39. The molecule has 0 bridgehead atoms. The second kappa shape index (κ2) is 5.09. The summed E-state index contributed by atoms with van der Waals surface area (Å²) in [7, 11) is 0. The Balaban J connectivity index is 2.14. The Morgan fingerprint density at radius 2 is 2.28 bits per heavy atom. The Bertz CT molecular complexity index is 618. The molecule has 7 heteroatoms. The molecule has 1 aromatic carbocycles. The number of nitrogens with zero attached hydrogens (tertiary/aromatic N) is 3. The van der Waals surface area contributed by atoms with E-state index in [9.17, 15) is 9.18 Å². The van der Waals surface area contributed by atoms with Gasteiger partial charge in [-0.05, 0) is 24.3 Å². The summed E-state index contributed by atoms with van der Waals surface area (Å²) in [5.41, 5.74) is 0.310. The normalized spacial score (nSPS) is 11.3. The van der Waals surface area contributed by atoms with Crippen molar-refractivity contribution in [2.24, 2.45) is 4.99 Å². The number of hydrogen-bond acceptors (Lipinski definition) is 3. The van der Waals surface area contributed by atoms with Gasteiger partial charge >= 0.3 is 6.03 Å². The Labute approximate surface area is 101 Å². The van der Waals surface area contributed by atoms with Crippen molar-refractivity contribution in [1.82, 2.24) is 9.94 Å². The minimum atomic E-state index is -0.655. The van der Waals surface area contributed by atoms with Crippen LogP contribution in [0.3, 0.4) is 0 Å². The molecule has 0 saturated carbocycles. The number of urea groups is 1. The maximum Gasteiger partial charge on any atom is 0.345 e. The minimum Gasteiger partial charge on any atom is -0.412 e. The third-order valence-electron chi connectivity index (χ3n) is 1.99. The summed E-state index contributed by atoms with van der Waals surface area (Å²) in [6.45, 7) is 0. The first-order valence-corrected chi connectivity index (χ1v) is 4.99. The summed E-state index contributed by atoms with van der Waals surface area (Å²) in [5.74, 6) is -0.449. The van der Waals surface area contributed by atoms with Gasteiger partial charge in [-0.15, -0.1) is 9.94 Å². The average molecular weight is 248 g/mol. The van der Waals surface area contributed by atoms with Crippen LogP contribution in [-0.2, 0) is 0 Å². The van der Waals surface area contributed by atoms with Crippen LogP contribution in [-0.4, -0.2) is 21.2 Å². The highest BCUT2D eigenvalue weighted by molar-refractivity contribution is 5.89. The maximum atomic E-state index is 12.9. The van der Waals surface area contributed by atoms with Crippen molar-refractivity contribution in [3.63, 3.8) is 0 Å². The van der Waals surface area contributed by atoms with Crippen LogP contribution in [0.5, 0.6) is 0 Å². The van der Waals surface area contributed by atoms with Crippen molar-refractivity contribution in [3.8, 4) is 0 Å². The summed E-state index contributed by atoms with van der Waals surface area (Å²) in [5, 5.41) is 15.0. The first-order valence-electron chi connectivity index (χ1n) is 4.99. The fraction of sp³-hybridized carbons (Fsp3) is 0. The van der Waals surface area contributed by atoms with E-state index in [1.54, 1.807) is 6.07 Å². The monoisotopic (exact) mass is 248 g/mol. The molecule has 2 rings (SSSR count). The molecular weight excluding hydrogens is 239 g/mol. The zero-order valence-corrected chi connectivity index (χ0v) is 9.12. The highest BCUT2D eigenvalue weighted by atomic mass is 19.1.